The lowest BCUT2D eigenvalue weighted by molar-refractivity contribution is 0.102. The van der Waals surface area contributed by atoms with Gasteiger partial charge in [-0.3, -0.25) is 4.79 Å². The van der Waals surface area contributed by atoms with Crippen molar-refractivity contribution in [2.24, 2.45) is 0 Å². The summed E-state index contributed by atoms with van der Waals surface area (Å²) in [5.74, 6) is -1.02. The third-order valence-corrected chi connectivity index (χ3v) is 2.69. The first-order chi connectivity index (χ1) is 9.11. The Hall–Kier alpha value is -2.67. The fourth-order valence-corrected chi connectivity index (χ4v) is 1.64. The zero-order chi connectivity index (χ0) is 13.8. The number of hydrogen-bond acceptors (Lipinski definition) is 2. The van der Waals surface area contributed by atoms with Gasteiger partial charge in [-0.25, -0.2) is 4.39 Å². The van der Waals surface area contributed by atoms with Crippen LogP contribution in [0, 0.1) is 24.1 Å². The minimum Gasteiger partial charge on any atom is -0.321 e. The molecule has 0 bridgehead atoms. The lowest BCUT2D eigenvalue weighted by Gasteiger charge is -2.07. The topological polar surface area (TPSA) is 52.9 Å². The standard InChI is InChI=1S/C15H11FN2O/c1-10-5-7-11(8-6-10)15(19)18-14-4-2-3-13(16)12(14)9-17/h2-8H,1H3,(H,18,19). The van der Waals surface area contributed by atoms with Gasteiger partial charge in [-0.2, -0.15) is 5.26 Å². The maximum atomic E-state index is 13.4. The van der Waals surface area contributed by atoms with Gasteiger partial charge < -0.3 is 5.32 Å². The molecule has 0 spiro atoms. The van der Waals surface area contributed by atoms with Gasteiger partial charge in [0.25, 0.3) is 5.91 Å². The Morgan fingerprint density at radius 1 is 1.21 bits per heavy atom. The maximum absolute atomic E-state index is 13.4. The van der Waals surface area contributed by atoms with E-state index in [0.717, 1.165) is 5.56 Å². The summed E-state index contributed by atoms with van der Waals surface area (Å²) >= 11 is 0. The molecule has 0 aliphatic carbocycles. The predicted octanol–water partition coefficient (Wildman–Crippen LogP) is 3.26. The van der Waals surface area contributed by atoms with Crippen molar-refractivity contribution in [2.45, 2.75) is 6.92 Å². The van der Waals surface area contributed by atoms with Gasteiger partial charge in [0.05, 0.1) is 5.69 Å². The largest absolute Gasteiger partial charge is 0.321 e. The summed E-state index contributed by atoms with van der Waals surface area (Å²) in [6.07, 6.45) is 0. The lowest BCUT2D eigenvalue weighted by Crippen LogP contribution is -2.13. The minimum atomic E-state index is -0.649. The molecule has 4 heteroatoms. The van der Waals surface area contributed by atoms with E-state index in [1.165, 1.54) is 18.2 Å². The van der Waals surface area contributed by atoms with Crippen LogP contribution >= 0.6 is 0 Å². The first-order valence-corrected chi connectivity index (χ1v) is 5.68. The van der Waals surface area contributed by atoms with E-state index in [9.17, 15) is 9.18 Å². The highest BCUT2D eigenvalue weighted by atomic mass is 19.1. The zero-order valence-corrected chi connectivity index (χ0v) is 10.3. The molecule has 0 aromatic heterocycles. The van der Waals surface area contributed by atoms with E-state index >= 15 is 0 Å². The number of aryl methyl sites for hydroxylation is 1. The van der Waals surface area contributed by atoms with E-state index in [1.54, 1.807) is 18.2 Å². The predicted molar refractivity (Wildman–Crippen MR) is 70.2 cm³/mol. The zero-order valence-electron chi connectivity index (χ0n) is 10.3. The number of rotatable bonds is 2. The molecule has 0 unspecified atom stereocenters. The summed E-state index contributed by atoms with van der Waals surface area (Å²) in [6.45, 7) is 1.92. The quantitative estimate of drug-likeness (QED) is 0.894. The Balaban J connectivity index is 2.27. The summed E-state index contributed by atoms with van der Waals surface area (Å²) in [5.41, 5.74) is 1.51. The number of nitrogens with one attached hydrogen (secondary N) is 1. The molecule has 0 atom stereocenters. The Bertz CT molecular complexity index is 657. The summed E-state index contributed by atoms with van der Waals surface area (Å²) in [6, 6.07) is 12.8. The molecule has 2 aromatic rings. The molecule has 0 saturated carbocycles. The molecule has 1 amide bonds. The molecule has 0 aliphatic heterocycles. The van der Waals surface area contributed by atoms with Crippen molar-refractivity contribution in [2.75, 3.05) is 5.32 Å². The maximum Gasteiger partial charge on any atom is 0.255 e. The molecule has 0 radical (unpaired) electrons. The van der Waals surface area contributed by atoms with Gasteiger partial charge in [-0.1, -0.05) is 23.8 Å². The first kappa shape index (κ1) is 12.8. The van der Waals surface area contributed by atoms with E-state index in [4.69, 9.17) is 5.26 Å². The molecule has 2 rings (SSSR count). The SMILES string of the molecule is Cc1ccc(C(=O)Nc2cccc(F)c2C#N)cc1. The highest BCUT2D eigenvalue weighted by molar-refractivity contribution is 6.04. The minimum absolute atomic E-state index is 0.164. The molecule has 0 saturated heterocycles. The van der Waals surface area contributed by atoms with E-state index < -0.39 is 5.82 Å². The van der Waals surface area contributed by atoms with Crippen molar-refractivity contribution in [3.8, 4) is 6.07 Å². The van der Waals surface area contributed by atoms with Gasteiger partial charge in [0.15, 0.2) is 0 Å². The third kappa shape index (κ3) is 2.78. The molecule has 0 fully saturated rings. The van der Waals surface area contributed by atoms with Crippen molar-refractivity contribution in [1.82, 2.24) is 0 Å². The lowest BCUT2D eigenvalue weighted by atomic mass is 10.1. The van der Waals surface area contributed by atoms with Crippen LogP contribution in [0.2, 0.25) is 0 Å². The van der Waals surface area contributed by atoms with Crippen molar-refractivity contribution in [3.63, 3.8) is 0 Å². The second-order valence-corrected chi connectivity index (χ2v) is 4.09. The smallest absolute Gasteiger partial charge is 0.255 e. The number of anilines is 1. The summed E-state index contributed by atoms with van der Waals surface area (Å²) in [5, 5.41) is 11.4. The molecule has 2 aromatic carbocycles. The van der Waals surface area contributed by atoms with Crippen molar-refractivity contribution in [1.29, 1.82) is 5.26 Å². The summed E-state index contributed by atoms with van der Waals surface area (Å²) in [4.78, 5) is 12.0. The van der Waals surface area contributed by atoms with Crippen LogP contribution in [0.4, 0.5) is 10.1 Å². The van der Waals surface area contributed by atoms with E-state index in [1.807, 2.05) is 19.1 Å². The van der Waals surface area contributed by atoms with Crippen molar-refractivity contribution in [3.05, 3.63) is 65.0 Å². The Morgan fingerprint density at radius 3 is 2.53 bits per heavy atom. The average Bonchev–Trinajstić information content (AvgIpc) is 2.39. The molecular formula is C15H11FN2O. The van der Waals surface area contributed by atoms with E-state index in [2.05, 4.69) is 5.32 Å². The highest BCUT2D eigenvalue weighted by Gasteiger charge is 2.11. The third-order valence-electron chi connectivity index (χ3n) is 2.69. The number of halogens is 1. The van der Waals surface area contributed by atoms with Gasteiger partial charge in [-0.05, 0) is 31.2 Å². The average molecular weight is 254 g/mol. The molecule has 94 valence electrons. The Morgan fingerprint density at radius 2 is 1.89 bits per heavy atom. The van der Waals surface area contributed by atoms with Crippen LogP contribution in [0.15, 0.2) is 42.5 Å². The Kier molecular flexibility index (Phi) is 3.58. The normalized spacial score (nSPS) is 9.74. The van der Waals surface area contributed by atoms with E-state index in [-0.39, 0.29) is 17.2 Å². The number of carbonyl (C=O) groups is 1. The van der Waals surface area contributed by atoms with Crippen LogP contribution in [-0.4, -0.2) is 5.91 Å². The van der Waals surface area contributed by atoms with Gasteiger partial charge in [0.2, 0.25) is 0 Å². The second kappa shape index (κ2) is 5.32. The fourth-order valence-electron chi connectivity index (χ4n) is 1.64. The molecular weight excluding hydrogens is 243 g/mol. The number of hydrogen-bond donors (Lipinski definition) is 1. The first-order valence-electron chi connectivity index (χ1n) is 5.68. The van der Waals surface area contributed by atoms with Gasteiger partial charge in [0.1, 0.15) is 17.4 Å². The number of amides is 1. The number of benzene rings is 2. The van der Waals surface area contributed by atoms with Crippen LogP contribution in [0.5, 0.6) is 0 Å². The van der Waals surface area contributed by atoms with Crippen molar-refractivity contribution >= 4 is 11.6 Å². The van der Waals surface area contributed by atoms with Gasteiger partial charge in [0, 0.05) is 5.56 Å². The van der Waals surface area contributed by atoms with Gasteiger partial charge >= 0.3 is 0 Å². The van der Waals surface area contributed by atoms with Gasteiger partial charge in [-0.15, -0.1) is 0 Å². The summed E-state index contributed by atoms with van der Waals surface area (Å²) in [7, 11) is 0. The monoisotopic (exact) mass is 254 g/mol. The molecule has 19 heavy (non-hydrogen) atoms. The number of carbonyl (C=O) groups excluding carboxylic acids is 1. The summed E-state index contributed by atoms with van der Waals surface area (Å²) < 4.78 is 13.4. The number of nitrogens with zero attached hydrogens (tertiary/aromatic N) is 1. The number of nitriles is 1. The highest BCUT2D eigenvalue weighted by Crippen LogP contribution is 2.18. The van der Waals surface area contributed by atoms with Crippen LogP contribution in [0.3, 0.4) is 0 Å². The molecule has 0 aliphatic rings. The Labute approximate surface area is 110 Å². The van der Waals surface area contributed by atoms with Crippen LogP contribution < -0.4 is 5.32 Å². The fraction of sp³-hybridized carbons (Fsp3) is 0.0667. The van der Waals surface area contributed by atoms with Crippen LogP contribution in [0.25, 0.3) is 0 Å². The van der Waals surface area contributed by atoms with Crippen LogP contribution in [-0.2, 0) is 0 Å². The molecule has 1 N–H and O–H groups in total. The van der Waals surface area contributed by atoms with E-state index in [0.29, 0.717) is 5.56 Å². The second-order valence-electron chi connectivity index (χ2n) is 4.09. The van der Waals surface area contributed by atoms with Crippen molar-refractivity contribution < 1.29 is 9.18 Å². The van der Waals surface area contributed by atoms with Crippen LogP contribution in [0.1, 0.15) is 21.5 Å². The molecule has 3 nitrogen and oxygen atoms in total. The molecule has 0 heterocycles.